The molecule has 13 heteroatoms. The van der Waals surface area contributed by atoms with Crippen molar-refractivity contribution in [1.82, 2.24) is 10.3 Å². The molecule has 3 aromatic rings. The van der Waals surface area contributed by atoms with Gasteiger partial charge in [0.2, 0.25) is 0 Å². The number of aromatic hydroxyl groups is 1. The minimum atomic E-state index is -1.01. The average molecular weight is 341 g/mol. The second-order valence-electron chi connectivity index (χ2n) is 3.21. The Balaban J connectivity index is 0.00000133. The molecule has 0 amide bonds. The van der Waals surface area contributed by atoms with E-state index in [1.165, 1.54) is 0 Å². The van der Waals surface area contributed by atoms with Crippen molar-refractivity contribution in [2.75, 3.05) is 0 Å². The van der Waals surface area contributed by atoms with Gasteiger partial charge in [0.15, 0.2) is 0 Å². The maximum absolute atomic E-state index is 11.3. The van der Waals surface area contributed by atoms with Crippen molar-refractivity contribution < 1.29 is 87.3 Å². The number of rotatable bonds is 1. The third kappa shape index (κ3) is 1.79. The second kappa shape index (κ2) is 4.62. The van der Waals surface area contributed by atoms with Gasteiger partial charge in [0, 0.05) is 0 Å². The van der Waals surface area contributed by atoms with Gasteiger partial charge < -0.3 is 15.5 Å². The predicted octanol–water partition coefficient (Wildman–Crippen LogP) is -4.15. The first-order valence-corrected chi connectivity index (χ1v) is 4.30. The zero-order valence-electron chi connectivity index (χ0n) is 9.13. The molecule has 1 N–H and O–H groups in total. The van der Waals surface area contributed by atoms with Gasteiger partial charge in [-0.1, -0.05) is 0 Å². The normalized spacial score (nSPS) is 10.7. The van der Waals surface area contributed by atoms with Gasteiger partial charge in [0.05, 0.1) is 15.2 Å². The van der Waals surface area contributed by atoms with Gasteiger partial charge in [0.25, 0.3) is 16.8 Å². The van der Waals surface area contributed by atoms with Crippen molar-refractivity contribution in [3.05, 3.63) is 20.5 Å². The van der Waals surface area contributed by atoms with Crippen LogP contribution in [0, 0.1) is 20.5 Å². The van der Waals surface area contributed by atoms with Gasteiger partial charge in [-0.3, -0.25) is 19.4 Å². The van der Waals surface area contributed by atoms with Crippen LogP contribution in [0.2, 0.25) is 0 Å². The Morgan fingerprint density at radius 3 is 2.21 bits per heavy atom. The summed E-state index contributed by atoms with van der Waals surface area (Å²) in [6.45, 7) is 0. The van der Waals surface area contributed by atoms with Gasteiger partial charge >= 0.3 is 74.9 Å². The van der Waals surface area contributed by atoms with Gasteiger partial charge in [-0.25, -0.2) is 0 Å². The van der Waals surface area contributed by atoms with Crippen molar-refractivity contribution in [3.63, 3.8) is 0 Å². The van der Waals surface area contributed by atoms with E-state index in [1.807, 2.05) is 0 Å². The van der Waals surface area contributed by atoms with Crippen molar-refractivity contribution in [1.29, 1.82) is 0 Å². The van der Waals surface area contributed by atoms with Crippen LogP contribution in [0.25, 0.3) is 22.1 Å². The van der Waals surface area contributed by atoms with Crippen LogP contribution >= 0.6 is 0 Å². The molecule has 0 spiro atoms. The average Bonchev–Trinajstić information content (AvgIpc) is 2.83. The molecule has 2 aromatic heterocycles. The maximum atomic E-state index is 11.3. The number of hydrogen-bond donors (Lipinski definition) is 1. The van der Waals surface area contributed by atoms with E-state index in [9.17, 15) is 25.6 Å². The van der Waals surface area contributed by atoms with E-state index < -0.39 is 32.9 Å². The van der Waals surface area contributed by atoms with Gasteiger partial charge in [-0.05, 0) is 9.81 Å². The molecule has 0 saturated heterocycles. The number of aromatic nitrogens is 4. The second-order valence-corrected chi connectivity index (χ2v) is 3.21. The summed E-state index contributed by atoms with van der Waals surface area (Å²) < 4.78 is 8.35. The van der Waals surface area contributed by atoms with E-state index in [2.05, 4.69) is 19.6 Å². The van der Waals surface area contributed by atoms with Gasteiger partial charge in [-0.2, -0.15) is 0 Å². The molecular formula is C6HN5O7Rb+. The third-order valence-electron chi connectivity index (χ3n) is 2.31. The maximum Gasteiger partial charge on any atom is 1.00 e. The molecule has 0 radical (unpaired) electrons. The standard InChI is InChI=1S/C6HN5O7.Rb/c12-6-4(9(13)14)1-3(10(15)17-7-1)2-5(6)11(16)18-8-2;/h12H;/q;+1. The SMILES string of the molecule is O=[N+]([O-])c1c(O)c2c(no[n+]2[O-])c2c1no[n+]2[O-].[Rb+]. The van der Waals surface area contributed by atoms with Crippen LogP contribution in [0.5, 0.6) is 5.75 Å². The zero-order valence-corrected chi connectivity index (χ0v) is 14.0. The van der Waals surface area contributed by atoms with Crippen molar-refractivity contribution in [3.8, 4) is 5.75 Å². The Hall–Kier alpha value is -1.37. The molecule has 1 aromatic carbocycles. The quantitative estimate of drug-likeness (QED) is 0.262. The van der Waals surface area contributed by atoms with E-state index in [-0.39, 0.29) is 73.5 Å². The fourth-order valence-corrected chi connectivity index (χ4v) is 1.60. The number of phenols is 1. The number of fused-ring (bicyclic) bond motifs is 3. The monoisotopic (exact) mass is 340 g/mol. The Kier molecular flexibility index (Phi) is 3.42. The predicted molar refractivity (Wildman–Crippen MR) is 47.8 cm³/mol. The van der Waals surface area contributed by atoms with E-state index >= 15 is 0 Å². The summed E-state index contributed by atoms with van der Waals surface area (Å²) in [6.07, 6.45) is 0. The smallest absolute Gasteiger partial charge is 0.499 e. The van der Waals surface area contributed by atoms with E-state index in [0.29, 0.717) is 0 Å². The van der Waals surface area contributed by atoms with Crippen LogP contribution in [0.3, 0.4) is 0 Å². The van der Waals surface area contributed by atoms with Crippen molar-refractivity contribution in [2.24, 2.45) is 0 Å². The van der Waals surface area contributed by atoms with Crippen LogP contribution in [-0.4, -0.2) is 20.3 Å². The topological polar surface area (TPSA) is 169 Å². The summed E-state index contributed by atoms with van der Waals surface area (Å²) in [7, 11) is 0. The molecule has 92 valence electrons. The number of nitrogens with zero attached hydrogens (tertiary/aromatic N) is 5. The molecule has 0 unspecified atom stereocenters. The van der Waals surface area contributed by atoms with Crippen LogP contribution in [0.1, 0.15) is 0 Å². The van der Waals surface area contributed by atoms with Crippen LogP contribution in [0.15, 0.2) is 9.26 Å². The number of benzene rings is 1. The van der Waals surface area contributed by atoms with E-state index in [4.69, 9.17) is 0 Å². The molecule has 19 heavy (non-hydrogen) atoms. The molecule has 0 atom stereocenters. The number of phenolic OH excluding ortho intramolecular Hbond substituents is 1. The molecule has 0 aliphatic carbocycles. The van der Waals surface area contributed by atoms with Gasteiger partial charge in [-0.15, -0.1) is 0 Å². The molecule has 2 heterocycles. The largest absolute Gasteiger partial charge is 1.00 e. The summed E-state index contributed by atoms with van der Waals surface area (Å²) in [4.78, 5) is 9.37. The molecule has 12 nitrogen and oxygen atoms in total. The van der Waals surface area contributed by atoms with E-state index in [0.717, 1.165) is 0 Å². The third-order valence-corrected chi connectivity index (χ3v) is 2.31. The Labute approximate surface area is 150 Å². The molecule has 0 aliphatic heterocycles. The first kappa shape index (κ1) is 14.0. The fourth-order valence-electron chi connectivity index (χ4n) is 1.60. The molecule has 0 aliphatic rings. The minimum absolute atomic E-state index is 0. The number of hydrogen-bond acceptors (Lipinski definition) is 9. The first-order chi connectivity index (χ1) is 8.52. The summed E-state index contributed by atoms with van der Waals surface area (Å²) in [5.41, 5.74) is -2.99. The van der Waals surface area contributed by atoms with Crippen LogP contribution in [0.4, 0.5) is 5.69 Å². The van der Waals surface area contributed by atoms with Gasteiger partial charge in [0.1, 0.15) is 0 Å². The van der Waals surface area contributed by atoms with Crippen LogP contribution in [-0.2, 0) is 0 Å². The number of nitro groups is 1. The minimum Gasteiger partial charge on any atom is -0.499 e. The molecule has 3 rings (SSSR count). The summed E-state index contributed by atoms with van der Waals surface area (Å²) in [5.74, 6) is -1.01. The molecule has 0 fully saturated rings. The summed E-state index contributed by atoms with van der Waals surface area (Å²) >= 11 is 0. The molecule has 0 saturated carbocycles. The van der Waals surface area contributed by atoms with Crippen molar-refractivity contribution >= 4 is 27.8 Å². The van der Waals surface area contributed by atoms with Crippen molar-refractivity contribution in [2.45, 2.75) is 0 Å². The Morgan fingerprint density at radius 2 is 1.63 bits per heavy atom. The Bertz CT molecular complexity index is 809. The summed E-state index contributed by atoms with van der Waals surface area (Å²) in [6, 6.07) is 0. The van der Waals surface area contributed by atoms with E-state index in [1.54, 1.807) is 0 Å². The zero-order chi connectivity index (χ0) is 13.0. The molecular weight excluding hydrogens is 340 g/mol. The number of nitro benzene ring substituents is 1. The van der Waals surface area contributed by atoms with Crippen LogP contribution < -0.4 is 68.0 Å². The fraction of sp³-hybridized carbons (Fsp3) is 0. The molecule has 0 bridgehead atoms. The summed E-state index contributed by atoms with van der Waals surface area (Å²) in [5, 5.41) is 49.3. The first-order valence-electron chi connectivity index (χ1n) is 4.30. The Morgan fingerprint density at radius 1 is 1.11 bits per heavy atom.